The van der Waals surface area contributed by atoms with E-state index in [9.17, 15) is 9.59 Å². The van der Waals surface area contributed by atoms with Gasteiger partial charge in [0, 0.05) is 16.1 Å². The zero-order valence-electron chi connectivity index (χ0n) is 15.3. The molecule has 1 amide bonds. The van der Waals surface area contributed by atoms with Crippen LogP contribution in [0.5, 0.6) is 0 Å². The van der Waals surface area contributed by atoms with Crippen molar-refractivity contribution in [3.8, 4) is 0 Å². The number of anilines is 1. The Kier molecular flexibility index (Phi) is 6.16. The highest BCUT2D eigenvalue weighted by Gasteiger charge is 2.21. The summed E-state index contributed by atoms with van der Waals surface area (Å²) in [6.07, 6.45) is 0. The highest BCUT2D eigenvalue weighted by Crippen LogP contribution is 2.26. The van der Waals surface area contributed by atoms with Gasteiger partial charge in [-0.25, -0.2) is 0 Å². The molecule has 2 atom stereocenters. The van der Waals surface area contributed by atoms with Gasteiger partial charge in [0.1, 0.15) is 0 Å². The summed E-state index contributed by atoms with van der Waals surface area (Å²) in [5.74, 6) is -0.118. The summed E-state index contributed by atoms with van der Waals surface area (Å²) >= 11 is 1.66. The summed E-state index contributed by atoms with van der Waals surface area (Å²) in [5, 5.41) is 8.37. The van der Waals surface area contributed by atoms with Crippen molar-refractivity contribution in [2.45, 2.75) is 25.9 Å². The molecule has 0 aliphatic rings. The minimum absolute atomic E-state index is 0.00422. The summed E-state index contributed by atoms with van der Waals surface area (Å²) in [7, 11) is 0. The van der Waals surface area contributed by atoms with Crippen LogP contribution in [0.25, 0.3) is 0 Å². The van der Waals surface area contributed by atoms with Crippen molar-refractivity contribution in [1.82, 2.24) is 5.32 Å². The van der Waals surface area contributed by atoms with Crippen LogP contribution < -0.4 is 10.6 Å². The molecule has 0 saturated carbocycles. The van der Waals surface area contributed by atoms with Crippen LogP contribution in [0.3, 0.4) is 0 Å². The van der Waals surface area contributed by atoms with E-state index in [1.54, 1.807) is 35.6 Å². The first-order valence-electron chi connectivity index (χ1n) is 8.81. The van der Waals surface area contributed by atoms with E-state index in [0.29, 0.717) is 11.3 Å². The van der Waals surface area contributed by atoms with E-state index in [2.05, 4.69) is 28.8 Å². The first-order valence-corrected chi connectivity index (χ1v) is 9.69. The molecule has 1 aromatic heterocycles. The molecule has 0 radical (unpaired) electrons. The number of hydrogen-bond acceptors (Lipinski definition) is 4. The summed E-state index contributed by atoms with van der Waals surface area (Å²) < 4.78 is 0. The predicted octanol–water partition coefficient (Wildman–Crippen LogP) is 4.66. The van der Waals surface area contributed by atoms with Gasteiger partial charge in [-0.2, -0.15) is 0 Å². The molecule has 3 rings (SSSR count). The summed E-state index contributed by atoms with van der Waals surface area (Å²) in [6.45, 7) is 3.37. The van der Waals surface area contributed by atoms with Crippen LogP contribution in [0.4, 0.5) is 5.69 Å². The Morgan fingerprint density at radius 2 is 1.63 bits per heavy atom. The van der Waals surface area contributed by atoms with Gasteiger partial charge in [-0.1, -0.05) is 36.4 Å². The van der Waals surface area contributed by atoms with E-state index in [1.807, 2.05) is 36.6 Å². The topological polar surface area (TPSA) is 58.2 Å². The number of ketones is 1. The second-order valence-corrected chi connectivity index (χ2v) is 7.35. The molecule has 5 heteroatoms. The average molecular weight is 378 g/mol. The molecular weight excluding hydrogens is 356 g/mol. The highest BCUT2D eigenvalue weighted by atomic mass is 32.1. The number of benzene rings is 2. The molecule has 2 aromatic carbocycles. The van der Waals surface area contributed by atoms with Crippen LogP contribution in [-0.4, -0.2) is 17.7 Å². The fraction of sp³-hybridized carbons (Fsp3) is 0.182. The fourth-order valence-electron chi connectivity index (χ4n) is 2.81. The molecule has 1 heterocycles. The Labute approximate surface area is 163 Å². The van der Waals surface area contributed by atoms with Crippen molar-refractivity contribution >= 4 is 28.7 Å². The average Bonchev–Trinajstić information content (AvgIpc) is 3.21. The van der Waals surface area contributed by atoms with Crippen LogP contribution >= 0.6 is 11.3 Å². The van der Waals surface area contributed by atoms with Gasteiger partial charge in [0.15, 0.2) is 5.78 Å². The van der Waals surface area contributed by atoms with Gasteiger partial charge in [-0.15, -0.1) is 11.3 Å². The normalized spacial score (nSPS) is 13.0. The lowest BCUT2D eigenvalue weighted by molar-refractivity contribution is -0.117. The fourth-order valence-corrected chi connectivity index (χ4v) is 3.62. The Morgan fingerprint density at radius 1 is 0.926 bits per heavy atom. The minimum Gasteiger partial charge on any atom is -0.325 e. The van der Waals surface area contributed by atoms with E-state index >= 15 is 0 Å². The molecule has 0 spiro atoms. The highest BCUT2D eigenvalue weighted by molar-refractivity contribution is 7.10. The molecule has 0 saturated heterocycles. The third-order valence-electron chi connectivity index (χ3n) is 4.33. The van der Waals surface area contributed by atoms with Crippen molar-refractivity contribution in [3.05, 3.63) is 88.1 Å². The molecule has 4 nitrogen and oxygen atoms in total. The van der Waals surface area contributed by atoms with Crippen LogP contribution in [0.15, 0.2) is 72.1 Å². The van der Waals surface area contributed by atoms with Gasteiger partial charge in [-0.05, 0) is 55.1 Å². The maximum absolute atomic E-state index is 12.6. The molecule has 27 heavy (non-hydrogen) atoms. The SMILES string of the molecule is CC(=O)c1ccc(NC(=O)[C@@H](C)N[C@H](c2ccccc2)c2cccs2)cc1. The van der Waals surface area contributed by atoms with Crippen molar-refractivity contribution < 1.29 is 9.59 Å². The number of hydrogen-bond donors (Lipinski definition) is 2. The van der Waals surface area contributed by atoms with E-state index in [-0.39, 0.29) is 17.7 Å². The Bertz CT molecular complexity index is 890. The lowest BCUT2D eigenvalue weighted by Gasteiger charge is -2.22. The summed E-state index contributed by atoms with van der Waals surface area (Å²) in [6, 6.07) is 20.7. The zero-order chi connectivity index (χ0) is 19.2. The minimum atomic E-state index is -0.398. The van der Waals surface area contributed by atoms with Crippen molar-refractivity contribution in [3.63, 3.8) is 0 Å². The van der Waals surface area contributed by atoms with Gasteiger partial charge < -0.3 is 5.32 Å². The number of carbonyl (C=O) groups is 2. The van der Waals surface area contributed by atoms with Crippen molar-refractivity contribution in [2.75, 3.05) is 5.32 Å². The molecule has 0 aliphatic carbocycles. The number of amides is 1. The number of rotatable bonds is 7. The number of thiophene rings is 1. The Balaban J connectivity index is 1.70. The third kappa shape index (κ3) is 4.90. The van der Waals surface area contributed by atoms with Gasteiger partial charge in [0.2, 0.25) is 5.91 Å². The second kappa shape index (κ2) is 8.75. The van der Waals surface area contributed by atoms with Gasteiger partial charge in [0.25, 0.3) is 0 Å². The van der Waals surface area contributed by atoms with Gasteiger partial charge in [0.05, 0.1) is 12.1 Å². The number of carbonyl (C=O) groups excluding carboxylic acids is 2. The molecule has 0 aliphatic heterocycles. The lowest BCUT2D eigenvalue weighted by atomic mass is 10.0. The molecule has 3 aromatic rings. The van der Waals surface area contributed by atoms with Crippen LogP contribution in [-0.2, 0) is 4.79 Å². The third-order valence-corrected chi connectivity index (χ3v) is 5.27. The maximum Gasteiger partial charge on any atom is 0.241 e. The number of nitrogens with one attached hydrogen (secondary N) is 2. The maximum atomic E-state index is 12.6. The van der Waals surface area contributed by atoms with Gasteiger partial charge in [-0.3, -0.25) is 14.9 Å². The molecule has 0 bridgehead atoms. The van der Waals surface area contributed by atoms with Gasteiger partial charge >= 0.3 is 0 Å². The quantitative estimate of drug-likeness (QED) is 0.588. The van der Waals surface area contributed by atoms with E-state index in [4.69, 9.17) is 0 Å². The lowest BCUT2D eigenvalue weighted by Crippen LogP contribution is -2.40. The number of Topliss-reactive ketones (excluding diaryl/α,β-unsaturated/α-hetero) is 1. The summed E-state index contributed by atoms with van der Waals surface area (Å²) in [5.41, 5.74) is 2.41. The zero-order valence-corrected chi connectivity index (χ0v) is 16.1. The van der Waals surface area contributed by atoms with E-state index < -0.39 is 6.04 Å². The van der Waals surface area contributed by atoms with Crippen LogP contribution in [0.1, 0.15) is 40.7 Å². The van der Waals surface area contributed by atoms with Crippen LogP contribution in [0, 0.1) is 0 Å². The first kappa shape index (κ1) is 19.0. The monoisotopic (exact) mass is 378 g/mol. The van der Waals surface area contributed by atoms with Crippen molar-refractivity contribution in [1.29, 1.82) is 0 Å². The second-order valence-electron chi connectivity index (χ2n) is 6.37. The van der Waals surface area contributed by atoms with Crippen LogP contribution in [0.2, 0.25) is 0 Å². The Hall–Kier alpha value is -2.76. The molecule has 0 fully saturated rings. The molecule has 2 N–H and O–H groups in total. The Morgan fingerprint density at radius 3 is 2.22 bits per heavy atom. The first-order chi connectivity index (χ1) is 13.0. The van der Waals surface area contributed by atoms with E-state index in [0.717, 1.165) is 10.4 Å². The summed E-state index contributed by atoms with van der Waals surface area (Å²) in [4.78, 5) is 25.1. The molecule has 138 valence electrons. The smallest absolute Gasteiger partial charge is 0.241 e. The standard InChI is InChI=1S/C22H22N2O2S/c1-15(22(26)24-19-12-10-17(11-13-19)16(2)25)23-21(20-9-6-14-27-20)18-7-4-3-5-8-18/h3-15,21,23H,1-2H3,(H,24,26)/t15-,21-/m1/s1. The van der Waals surface area contributed by atoms with Crippen molar-refractivity contribution in [2.24, 2.45) is 0 Å². The predicted molar refractivity (Wildman–Crippen MR) is 110 cm³/mol. The largest absolute Gasteiger partial charge is 0.325 e. The molecule has 0 unspecified atom stereocenters. The van der Waals surface area contributed by atoms with E-state index in [1.165, 1.54) is 6.92 Å². The molecular formula is C22H22N2O2S.